The van der Waals surface area contributed by atoms with E-state index in [1.807, 2.05) is 0 Å². The number of anilines is 1. The highest BCUT2D eigenvalue weighted by Gasteiger charge is 2.17. The summed E-state index contributed by atoms with van der Waals surface area (Å²) in [5.74, 6) is -0.000639. The first-order chi connectivity index (χ1) is 9.61. The zero-order chi connectivity index (χ0) is 14.5. The fourth-order valence-corrected chi connectivity index (χ4v) is 1.45. The number of aromatic nitrogens is 3. The number of rotatable bonds is 5. The summed E-state index contributed by atoms with van der Waals surface area (Å²) in [6.45, 7) is 0.0428. The van der Waals surface area contributed by atoms with Gasteiger partial charge in [-0.15, -0.1) is 0 Å². The van der Waals surface area contributed by atoms with Crippen LogP contribution in [0, 0.1) is 10.1 Å². The van der Waals surface area contributed by atoms with Gasteiger partial charge in [0.15, 0.2) is 5.82 Å². The first kappa shape index (κ1) is 13.4. The number of nitrogens with zero attached hydrogens (tertiary/aromatic N) is 4. The van der Waals surface area contributed by atoms with Crippen LogP contribution < -0.4 is 10.6 Å². The van der Waals surface area contributed by atoms with Gasteiger partial charge in [0.05, 0.1) is 17.0 Å². The largest absolute Gasteiger partial charge is 0.372 e. The number of nitrogens with one attached hydrogen (secondary N) is 2. The molecule has 20 heavy (non-hydrogen) atoms. The minimum absolute atomic E-state index is 0.0428. The van der Waals surface area contributed by atoms with Gasteiger partial charge >= 0.3 is 0 Å². The molecule has 0 aromatic carbocycles. The Hall–Kier alpha value is -3.04. The summed E-state index contributed by atoms with van der Waals surface area (Å²) in [4.78, 5) is 29.6. The number of pyridine rings is 1. The minimum atomic E-state index is -0.623. The van der Waals surface area contributed by atoms with Crippen molar-refractivity contribution in [3.05, 3.63) is 40.2 Å². The standard InChI is InChI=1S/C10H10N6O4/c1-11-9-7(2-6(3-12-9)16(18)19)10(17)13-4-8-14-5-20-15-8/h2-3,5H,4H2,1H3,(H,11,12)(H,13,17). The maximum atomic E-state index is 12.0. The van der Waals surface area contributed by atoms with Crippen LogP contribution in [0.1, 0.15) is 16.2 Å². The first-order valence-corrected chi connectivity index (χ1v) is 5.47. The van der Waals surface area contributed by atoms with Crippen LogP contribution in [0.4, 0.5) is 11.5 Å². The molecule has 1 amide bonds. The summed E-state index contributed by atoms with van der Waals surface area (Å²) < 4.78 is 4.52. The lowest BCUT2D eigenvalue weighted by atomic mass is 10.2. The number of hydrogen-bond donors (Lipinski definition) is 2. The highest BCUT2D eigenvalue weighted by atomic mass is 16.6. The third kappa shape index (κ3) is 2.85. The van der Waals surface area contributed by atoms with Crippen LogP contribution in [-0.4, -0.2) is 33.0 Å². The van der Waals surface area contributed by atoms with E-state index in [0.717, 1.165) is 18.7 Å². The molecular weight excluding hydrogens is 268 g/mol. The average molecular weight is 278 g/mol. The molecule has 0 bridgehead atoms. The Morgan fingerprint density at radius 1 is 1.50 bits per heavy atom. The van der Waals surface area contributed by atoms with Gasteiger partial charge in [-0.2, -0.15) is 4.98 Å². The highest BCUT2D eigenvalue weighted by molar-refractivity contribution is 5.99. The summed E-state index contributed by atoms with van der Waals surface area (Å²) in [6, 6.07) is 1.14. The van der Waals surface area contributed by atoms with Gasteiger partial charge in [-0.05, 0) is 0 Å². The van der Waals surface area contributed by atoms with Crippen molar-refractivity contribution in [1.29, 1.82) is 0 Å². The van der Waals surface area contributed by atoms with E-state index in [2.05, 4.69) is 30.3 Å². The Kier molecular flexibility index (Phi) is 3.84. The molecule has 104 valence electrons. The molecule has 0 unspecified atom stereocenters. The van der Waals surface area contributed by atoms with Crippen molar-refractivity contribution in [3.63, 3.8) is 0 Å². The molecule has 2 N–H and O–H groups in total. The lowest BCUT2D eigenvalue weighted by molar-refractivity contribution is -0.385. The topological polar surface area (TPSA) is 136 Å². The fourth-order valence-electron chi connectivity index (χ4n) is 1.45. The van der Waals surface area contributed by atoms with Gasteiger partial charge in [-0.3, -0.25) is 14.9 Å². The molecule has 10 nitrogen and oxygen atoms in total. The van der Waals surface area contributed by atoms with Gasteiger partial charge in [0.2, 0.25) is 6.39 Å². The van der Waals surface area contributed by atoms with E-state index in [4.69, 9.17) is 0 Å². The predicted molar refractivity (Wildman–Crippen MR) is 65.9 cm³/mol. The molecule has 0 atom stereocenters. The van der Waals surface area contributed by atoms with E-state index in [1.165, 1.54) is 0 Å². The van der Waals surface area contributed by atoms with Gasteiger partial charge in [0.1, 0.15) is 12.0 Å². The number of carbonyl (C=O) groups is 1. The van der Waals surface area contributed by atoms with Crippen molar-refractivity contribution < 1.29 is 14.2 Å². The highest BCUT2D eigenvalue weighted by Crippen LogP contribution is 2.18. The Labute approximate surface area is 112 Å². The van der Waals surface area contributed by atoms with Crippen LogP contribution in [0.2, 0.25) is 0 Å². The minimum Gasteiger partial charge on any atom is -0.372 e. The zero-order valence-corrected chi connectivity index (χ0v) is 10.4. The quantitative estimate of drug-likeness (QED) is 0.590. The second-order valence-corrected chi connectivity index (χ2v) is 3.63. The van der Waals surface area contributed by atoms with Crippen LogP contribution in [0.15, 0.2) is 23.2 Å². The van der Waals surface area contributed by atoms with Crippen LogP contribution in [0.3, 0.4) is 0 Å². The van der Waals surface area contributed by atoms with Crippen molar-refractivity contribution in [2.24, 2.45) is 0 Å². The number of amides is 1. The van der Waals surface area contributed by atoms with Gasteiger partial charge in [-0.25, -0.2) is 4.98 Å². The number of carbonyl (C=O) groups excluding carboxylic acids is 1. The predicted octanol–water partition coefficient (Wildman–Crippen LogP) is 0.344. The smallest absolute Gasteiger partial charge is 0.288 e. The second-order valence-electron chi connectivity index (χ2n) is 3.63. The molecule has 0 spiro atoms. The Morgan fingerprint density at radius 2 is 2.30 bits per heavy atom. The van der Waals surface area contributed by atoms with Crippen molar-refractivity contribution in [1.82, 2.24) is 20.4 Å². The average Bonchev–Trinajstić information content (AvgIpc) is 2.97. The van der Waals surface area contributed by atoms with Gasteiger partial charge < -0.3 is 15.2 Å². The third-order valence-electron chi connectivity index (χ3n) is 2.38. The van der Waals surface area contributed by atoms with E-state index < -0.39 is 10.8 Å². The van der Waals surface area contributed by atoms with Crippen molar-refractivity contribution in [2.75, 3.05) is 12.4 Å². The van der Waals surface area contributed by atoms with E-state index in [9.17, 15) is 14.9 Å². The lowest BCUT2D eigenvalue weighted by Crippen LogP contribution is -2.24. The van der Waals surface area contributed by atoms with Crippen LogP contribution in [-0.2, 0) is 6.54 Å². The molecule has 0 radical (unpaired) electrons. The molecule has 0 aliphatic heterocycles. The van der Waals surface area contributed by atoms with Crippen LogP contribution >= 0.6 is 0 Å². The molecule has 2 aromatic rings. The fraction of sp³-hybridized carbons (Fsp3) is 0.200. The third-order valence-corrected chi connectivity index (χ3v) is 2.38. The summed E-state index contributed by atoms with van der Waals surface area (Å²) in [6.07, 6.45) is 2.21. The molecule has 2 rings (SSSR count). The molecule has 0 aliphatic rings. The normalized spacial score (nSPS) is 10.1. The summed E-state index contributed by atoms with van der Waals surface area (Å²) in [7, 11) is 1.56. The van der Waals surface area contributed by atoms with Crippen molar-refractivity contribution in [2.45, 2.75) is 6.54 Å². The molecule has 0 aliphatic carbocycles. The molecular formula is C10H10N6O4. The van der Waals surface area contributed by atoms with Crippen molar-refractivity contribution >= 4 is 17.4 Å². The van der Waals surface area contributed by atoms with Gasteiger partial charge in [0.25, 0.3) is 11.6 Å². The van der Waals surface area contributed by atoms with E-state index in [-0.39, 0.29) is 23.6 Å². The maximum absolute atomic E-state index is 12.0. The lowest BCUT2D eigenvalue weighted by Gasteiger charge is -2.07. The Balaban J connectivity index is 2.18. The SMILES string of the molecule is CNc1ncc([N+](=O)[O-])cc1C(=O)NCc1ncon1. The van der Waals surface area contributed by atoms with Crippen LogP contribution in [0.5, 0.6) is 0 Å². The summed E-state index contributed by atoms with van der Waals surface area (Å²) in [5, 5.41) is 19.4. The summed E-state index contributed by atoms with van der Waals surface area (Å²) >= 11 is 0. The second kappa shape index (κ2) is 5.73. The van der Waals surface area contributed by atoms with Gasteiger partial charge in [-0.1, -0.05) is 5.16 Å². The maximum Gasteiger partial charge on any atom is 0.288 e. The van der Waals surface area contributed by atoms with E-state index >= 15 is 0 Å². The zero-order valence-electron chi connectivity index (χ0n) is 10.4. The molecule has 10 heteroatoms. The molecule has 0 fully saturated rings. The number of hydrogen-bond acceptors (Lipinski definition) is 8. The first-order valence-electron chi connectivity index (χ1n) is 5.47. The Bertz CT molecular complexity index is 627. The molecule has 2 heterocycles. The van der Waals surface area contributed by atoms with E-state index in [1.54, 1.807) is 7.05 Å². The number of nitro groups is 1. The van der Waals surface area contributed by atoms with Gasteiger partial charge in [0, 0.05) is 13.1 Å². The Morgan fingerprint density at radius 3 is 2.90 bits per heavy atom. The van der Waals surface area contributed by atoms with Crippen LogP contribution in [0.25, 0.3) is 0 Å². The summed E-state index contributed by atoms with van der Waals surface area (Å²) in [5.41, 5.74) is -0.209. The van der Waals surface area contributed by atoms with E-state index in [0.29, 0.717) is 5.82 Å². The van der Waals surface area contributed by atoms with Crippen molar-refractivity contribution in [3.8, 4) is 0 Å². The monoisotopic (exact) mass is 278 g/mol. The molecule has 0 saturated carbocycles. The molecule has 2 aromatic heterocycles. The molecule has 0 saturated heterocycles.